The molecule has 1 aromatic rings. The summed E-state index contributed by atoms with van der Waals surface area (Å²) < 4.78 is 0. The molecule has 3 aliphatic rings. The number of hydrogen-bond donors (Lipinski definition) is 3. The number of fused-ring (bicyclic) bond motifs is 1. The number of carbonyl (C=O) groups excluding carboxylic acids is 4. The normalized spacial score (nSPS) is 15.8. The highest BCUT2D eigenvalue weighted by Gasteiger charge is 2.07. The number of amides is 4. The predicted octanol–water partition coefficient (Wildman–Crippen LogP) is -0.0477. The lowest BCUT2D eigenvalue weighted by Gasteiger charge is -2.11. The minimum Gasteiger partial charge on any atom is -0.382 e. The quantitative estimate of drug-likeness (QED) is 0.576. The zero-order valence-corrected chi connectivity index (χ0v) is 12.3. The maximum absolute atomic E-state index is 10.0. The minimum atomic E-state index is -0.329. The number of hydrogen-bond acceptors (Lipinski definition) is 6. The number of nitrogens with one attached hydrogen (secondary N) is 3. The minimum absolute atomic E-state index is 0.329. The van der Waals surface area contributed by atoms with E-state index in [1.54, 1.807) is 6.20 Å². The molecule has 0 atom stereocenters. The highest BCUT2D eigenvalue weighted by Crippen LogP contribution is 2.20. The second-order valence-corrected chi connectivity index (χ2v) is 4.46. The van der Waals surface area contributed by atoms with Crippen LogP contribution >= 0.6 is 0 Å². The summed E-state index contributed by atoms with van der Waals surface area (Å²) in [6.45, 7) is 0. The van der Waals surface area contributed by atoms with Gasteiger partial charge in [0.25, 0.3) is 23.6 Å². The van der Waals surface area contributed by atoms with Crippen LogP contribution in [0.1, 0.15) is 5.56 Å². The van der Waals surface area contributed by atoms with Gasteiger partial charge in [0, 0.05) is 36.1 Å². The van der Waals surface area contributed by atoms with Crippen molar-refractivity contribution < 1.29 is 24.0 Å². The molecule has 3 N–H and O–H groups in total. The first kappa shape index (κ1) is 16.7. The second kappa shape index (κ2) is 8.08. The topological polar surface area (TPSA) is 114 Å². The second-order valence-electron chi connectivity index (χ2n) is 4.46. The molecule has 3 heterocycles. The molecule has 0 aromatic heterocycles. The number of carbonyl (C=O) groups is 4. The number of rotatable bonds is 0. The van der Waals surface area contributed by atoms with Crippen molar-refractivity contribution in [3.63, 3.8) is 0 Å². The molecule has 0 spiro atoms. The smallest absolute Gasteiger partial charge is 0.250 e. The fourth-order valence-electron chi connectivity index (χ4n) is 1.64. The molecule has 8 heteroatoms. The number of benzene rings is 1. The highest BCUT2D eigenvalue weighted by atomic mass is 16.6. The first-order chi connectivity index (χ1) is 11.5. The molecule has 0 aliphatic carbocycles. The third-order valence-corrected chi connectivity index (χ3v) is 2.68. The summed E-state index contributed by atoms with van der Waals surface area (Å²) in [6, 6.07) is 7.86. The molecule has 24 heavy (non-hydrogen) atoms. The molecule has 0 radical (unpaired) electrons. The van der Waals surface area contributed by atoms with Crippen molar-refractivity contribution in [2.24, 2.45) is 0 Å². The number of imide groups is 2. The Labute approximate surface area is 136 Å². The van der Waals surface area contributed by atoms with Crippen molar-refractivity contribution in [2.45, 2.75) is 0 Å². The van der Waals surface area contributed by atoms with Crippen LogP contribution in [-0.2, 0) is 19.2 Å². The molecule has 0 saturated heterocycles. The van der Waals surface area contributed by atoms with Crippen molar-refractivity contribution in [2.75, 3.05) is 0 Å². The molecule has 4 rings (SSSR count). The van der Waals surface area contributed by atoms with Crippen LogP contribution in [0.2, 0.25) is 0 Å². The molecule has 0 bridgehead atoms. The Hall–Kier alpha value is -3.68. The van der Waals surface area contributed by atoms with E-state index < -0.39 is 0 Å². The number of hydroxylamine groups is 1. The van der Waals surface area contributed by atoms with Crippen molar-refractivity contribution in [1.82, 2.24) is 16.1 Å². The number of para-hydroxylation sites is 1. The van der Waals surface area contributed by atoms with Gasteiger partial charge in [-0.05, 0) is 12.1 Å². The van der Waals surface area contributed by atoms with Crippen LogP contribution < -0.4 is 21.0 Å². The molecule has 0 unspecified atom stereocenters. The van der Waals surface area contributed by atoms with Gasteiger partial charge in [-0.15, -0.1) is 0 Å². The summed E-state index contributed by atoms with van der Waals surface area (Å²) in [6.07, 6.45) is 8.52. The fourth-order valence-corrected chi connectivity index (χ4v) is 1.64. The van der Waals surface area contributed by atoms with Crippen LogP contribution in [-0.4, -0.2) is 23.6 Å². The summed E-state index contributed by atoms with van der Waals surface area (Å²) in [5.74, 6) is -0.435. The van der Waals surface area contributed by atoms with E-state index in [0.717, 1.165) is 11.3 Å². The van der Waals surface area contributed by atoms with Crippen LogP contribution in [0.3, 0.4) is 0 Å². The largest absolute Gasteiger partial charge is 0.382 e. The van der Waals surface area contributed by atoms with Crippen LogP contribution in [0.25, 0.3) is 6.08 Å². The Kier molecular flexibility index (Phi) is 5.62. The molecule has 1 aromatic carbocycles. The SMILES string of the molecule is C1=Cc2ccccc2ON1.O=C1C=CC(=O)N1.O=C1C=CC(=O)N1. The van der Waals surface area contributed by atoms with Crippen LogP contribution in [0.5, 0.6) is 5.75 Å². The Morgan fingerprint density at radius 3 is 1.58 bits per heavy atom. The summed E-state index contributed by atoms with van der Waals surface area (Å²) in [5.41, 5.74) is 3.77. The molecule has 4 amide bonds. The van der Waals surface area contributed by atoms with E-state index in [-0.39, 0.29) is 23.6 Å². The molecule has 122 valence electrons. The standard InChI is InChI=1S/C8H7NO.2C4H3NO2/c1-2-4-8-7(3-1)5-6-9-10-8;2*6-3-1-2-4(7)5-3/h1-6,9H;2*1-2H,(H,5,6,7). The molecule has 0 fully saturated rings. The molecule has 8 nitrogen and oxygen atoms in total. The van der Waals surface area contributed by atoms with Gasteiger partial charge in [0.05, 0.1) is 0 Å². The molecule has 0 saturated carbocycles. The first-order valence-electron chi connectivity index (χ1n) is 6.78. The van der Waals surface area contributed by atoms with Crippen molar-refractivity contribution >= 4 is 29.7 Å². The Morgan fingerprint density at radius 2 is 1.17 bits per heavy atom. The van der Waals surface area contributed by atoms with Crippen molar-refractivity contribution in [3.05, 3.63) is 60.3 Å². The van der Waals surface area contributed by atoms with Crippen molar-refractivity contribution in [1.29, 1.82) is 0 Å². The predicted molar refractivity (Wildman–Crippen MR) is 83.8 cm³/mol. The average Bonchev–Trinajstić information content (AvgIpc) is 3.15. The summed E-state index contributed by atoms with van der Waals surface area (Å²) in [7, 11) is 0. The van der Waals surface area contributed by atoms with E-state index in [1.165, 1.54) is 24.3 Å². The van der Waals surface area contributed by atoms with E-state index in [1.807, 2.05) is 41.0 Å². The van der Waals surface area contributed by atoms with Gasteiger partial charge in [0.15, 0.2) is 5.75 Å². The van der Waals surface area contributed by atoms with E-state index in [9.17, 15) is 19.2 Å². The Bertz CT molecular complexity index is 697. The van der Waals surface area contributed by atoms with Crippen LogP contribution in [0, 0.1) is 0 Å². The van der Waals surface area contributed by atoms with E-state index in [2.05, 4.69) is 5.48 Å². The van der Waals surface area contributed by atoms with Crippen LogP contribution in [0.4, 0.5) is 0 Å². The van der Waals surface area contributed by atoms with Crippen molar-refractivity contribution in [3.8, 4) is 5.75 Å². The first-order valence-corrected chi connectivity index (χ1v) is 6.78. The third-order valence-electron chi connectivity index (χ3n) is 2.68. The summed E-state index contributed by atoms with van der Waals surface area (Å²) in [4.78, 5) is 45.2. The van der Waals surface area contributed by atoms with Gasteiger partial charge in [-0.1, -0.05) is 18.2 Å². The zero-order valence-electron chi connectivity index (χ0n) is 12.3. The Balaban J connectivity index is 0.000000134. The third kappa shape index (κ3) is 5.26. The summed E-state index contributed by atoms with van der Waals surface area (Å²) >= 11 is 0. The van der Waals surface area contributed by atoms with Crippen LogP contribution in [0.15, 0.2) is 54.8 Å². The highest BCUT2D eigenvalue weighted by molar-refractivity contribution is 6.13. The zero-order chi connectivity index (χ0) is 17.4. The average molecular weight is 327 g/mol. The van der Waals surface area contributed by atoms with Gasteiger partial charge in [0.1, 0.15) is 0 Å². The molecular weight excluding hydrogens is 314 g/mol. The van der Waals surface area contributed by atoms with Gasteiger partial charge >= 0.3 is 0 Å². The lowest BCUT2D eigenvalue weighted by Crippen LogP contribution is -2.19. The maximum Gasteiger partial charge on any atom is 0.250 e. The van der Waals surface area contributed by atoms with Gasteiger partial charge < -0.3 is 4.84 Å². The van der Waals surface area contributed by atoms with Gasteiger partial charge in [-0.25, -0.2) is 5.48 Å². The van der Waals surface area contributed by atoms with Gasteiger partial charge in [-0.3, -0.25) is 29.8 Å². The molecular formula is C16H13N3O5. The fraction of sp³-hybridized carbons (Fsp3) is 0. The molecule has 3 aliphatic heterocycles. The Morgan fingerprint density at radius 1 is 0.667 bits per heavy atom. The summed E-state index contributed by atoms with van der Waals surface area (Å²) in [5, 5.41) is 4.06. The lowest BCUT2D eigenvalue weighted by atomic mass is 10.2. The van der Waals surface area contributed by atoms with E-state index >= 15 is 0 Å². The van der Waals surface area contributed by atoms with E-state index in [0.29, 0.717) is 0 Å². The maximum atomic E-state index is 10.0. The lowest BCUT2D eigenvalue weighted by molar-refractivity contribution is -0.125. The monoisotopic (exact) mass is 327 g/mol. The van der Waals surface area contributed by atoms with Gasteiger partial charge in [-0.2, -0.15) is 0 Å². The van der Waals surface area contributed by atoms with E-state index in [4.69, 9.17) is 4.84 Å². The van der Waals surface area contributed by atoms with Gasteiger partial charge in [0.2, 0.25) is 0 Å².